The van der Waals surface area contributed by atoms with Gasteiger partial charge in [-0.15, -0.1) is 0 Å². The van der Waals surface area contributed by atoms with Gasteiger partial charge in [0.2, 0.25) is 0 Å². The average Bonchev–Trinajstić information content (AvgIpc) is 3.95. The van der Waals surface area contributed by atoms with E-state index in [1.807, 2.05) is 0 Å². The molecule has 2 aromatic heterocycles. The summed E-state index contributed by atoms with van der Waals surface area (Å²) in [4.78, 5) is 2.36. The number of anilines is 3. The van der Waals surface area contributed by atoms with Crippen LogP contribution in [0.25, 0.3) is 99.8 Å². The van der Waals surface area contributed by atoms with Crippen molar-refractivity contribution in [2.24, 2.45) is 0 Å². The molecular formula is C64H44N2O. The Hall–Kier alpha value is -8.66. The molecule has 0 spiro atoms. The van der Waals surface area contributed by atoms with Crippen LogP contribution in [0, 0.1) is 0 Å². The Morgan fingerprint density at radius 1 is 0.388 bits per heavy atom. The third kappa shape index (κ3) is 6.75. The van der Waals surface area contributed by atoms with E-state index < -0.39 is 0 Å². The van der Waals surface area contributed by atoms with Gasteiger partial charge in [-0.2, -0.15) is 0 Å². The number of allylic oxidation sites excluding steroid dienone is 1. The second kappa shape index (κ2) is 16.1. The van der Waals surface area contributed by atoms with Crippen LogP contribution in [-0.4, -0.2) is 4.57 Å². The second-order valence-electron chi connectivity index (χ2n) is 17.6. The molecule has 12 aromatic rings. The van der Waals surface area contributed by atoms with E-state index in [4.69, 9.17) is 4.42 Å². The average molecular weight is 857 g/mol. The Balaban J connectivity index is 0.886. The van der Waals surface area contributed by atoms with Gasteiger partial charge in [0.25, 0.3) is 0 Å². The third-order valence-electron chi connectivity index (χ3n) is 13.7. The molecule has 1 aliphatic carbocycles. The van der Waals surface area contributed by atoms with E-state index in [1.54, 1.807) is 0 Å². The molecule has 0 radical (unpaired) electrons. The molecule has 0 atom stereocenters. The van der Waals surface area contributed by atoms with E-state index >= 15 is 0 Å². The molecule has 0 N–H and O–H groups in total. The first kappa shape index (κ1) is 38.8. The van der Waals surface area contributed by atoms with Crippen molar-refractivity contribution in [1.82, 2.24) is 4.57 Å². The number of para-hydroxylation sites is 4. The predicted molar refractivity (Wildman–Crippen MR) is 282 cm³/mol. The van der Waals surface area contributed by atoms with E-state index in [0.29, 0.717) is 0 Å². The zero-order valence-electron chi connectivity index (χ0n) is 36.8. The summed E-state index contributed by atoms with van der Waals surface area (Å²) in [6, 6.07) is 83.9. The van der Waals surface area contributed by atoms with Gasteiger partial charge in [-0.1, -0.05) is 170 Å². The molecule has 0 bridgehead atoms. The number of hydrogen-bond donors (Lipinski definition) is 0. The number of nitrogens with zero attached hydrogens (tertiary/aromatic N) is 2. The molecule has 0 fully saturated rings. The predicted octanol–water partition coefficient (Wildman–Crippen LogP) is 17.8. The Morgan fingerprint density at radius 2 is 0.910 bits per heavy atom. The van der Waals surface area contributed by atoms with Crippen molar-refractivity contribution >= 4 is 66.7 Å². The van der Waals surface area contributed by atoms with Crippen LogP contribution in [-0.2, 0) is 6.42 Å². The third-order valence-corrected chi connectivity index (χ3v) is 13.7. The lowest BCUT2D eigenvalue weighted by atomic mass is 9.97. The normalized spacial score (nSPS) is 12.3. The van der Waals surface area contributed by atoms with Gasteiger partial charge in [0.05, 0.1) is 16.7 Å². The zero-order chi connectivity index (χ0) is 44.3. The van der Waals surface area contributed by atoms with Crippen LogP contribution in [0.5, 0.6) is 0 Å². The summed E-state index contributed by atoms with van der Waals surface area (Å²) in [5.41, 5.74) is 18.4. The maximum absolute atomic E-state index is 6.51. The van der Waals surface area contributed by atoms with Crippen LogP contribution in [0.15, 0.2) is 241 Å². The van der Waals surface area contributed by atoms with Crippen molar-refractivity contribution in [3.63, 3.8) is 0 Å². The molecule has 3 heteroatoms. The molecule has 0 saturated carbocycles. The van der Waals surface area contributed by atoms with E-state index in [2.05, 4.69) is 252 Å². The summed E-state index contributed by atoms with van der Waals surface area (Å²) in [5, 5.41) is 6.22. The van der Waals surface area contributed by atoms with Gasteiger partial charge >= 0.3 is 0 Å². The molecule has 13 rings (SSSR count). The largest absolute Gasteiger partial charge is 0.456 e. The van der Waals surface area contributed by atoms with Crippen molar-refractivity contribution in [2.75, 3.05) is 4.90 Å². The molecule has 2 heterocycles. The van der Waals surface area contributed by atoms with E-state index in [-0.39, 0.29) is 0 Å². The molecule has 10 aromatic carbocycles. The van der Waals surface area contributed by atoms with E-state index in [9.17, 15) is 0 Å². The maximum Gasteiger partial charge on any atom is 0.142 e. The van der Waals surface area contributed by atoms with Gasteiger partial charge in [-0.25, -0.2) is 0 Å². The molecule has 0 amide bonds. The summed E-state index contributed by atoms with van der Waals surface area (Å²) in [7, 11) is 0. The van der Waals surface area contributed by atoms with E-state index in [0.717, 1.165) is 63.6 Å². The first-order chi connectivity index (χ1) is 33.2. The lowest BCUT2D eigenvalue weighted by Crippen LogP contribution is -2.09. The van der Waals surface area contributed by atoms with Crippen LogP contribution in [0.3, 0.4) is 0 Å². The minimum Gasteiger partial charge on any atom is -0.456 e. The van der Waals surface area contributed by atoms with E-state index in [1.165, 1.54) is 71.3 Å². The SMILES string of the molecule is C1=Cc2oc3c(-c4ccc(N(c5ccc(-c6cccc(-c7ccc8ccccc8c7)c6)cc5)c5ccc(-c6ccccc6-n6c7ccccc7c7ccccc76)cc5)cc4)cccc3c2CC1. The van der Waals surface area contributed by atoms with Gasteiger partial charge in [-0.05, 0) is 130 Å². The molecule has 3 nitrogen and oxygen atoms in total. The van der Waals surface area contributed by atoms with Crippen molar-refractivity contribution < 1.29 is 4.42 Å². The van der Waals surface area contributed by atoms with Crippen LogP contribution in [0.1, 0.15) is 17.7 Å². The van der Waals surface area contributed by atoms with Gasteiger partial charge in [0, 0.05) is 49.9 Å². The van der Waals surface area contributed by atoms with Crippen molar-refractivity contribution in [1.29, 1.82) is 0 Å². The first-order valence-corrected chi connectivity index (χ1v) is 23.2. The monoisotopic (exact) mass is 856 g/mol. The van der Waals surface area contributed by atoms with Crippen LogP contribution < -0.4 is 4.90 Å². The fourth-order valence-electron chi connectivity index (χ4n) is 10.4. The molecule has 0 saturated heterocycles. The standard InChI is InChI=1S/C64H44N2O/c1-2-14-47-42-50(28-27-43(47)13-1)49-16-11-15-48(41-49)44-29-35-51(36-30-44)65(53-39-33-46(34-40-53)55-21-12-22-59-58-20-6-10-26-63(58)67-64(55)59)52-37-31-45(32-38-52)54-17-3-7-23-60(54)66-61-24-8-4-18-56(61)57-19-5-9-25-62(57)66/h1-5,7-19,21-42H,6,20H2. The molecular weight excluding hydrogens is 813 g/mol. The highest BCUT2D eigenvalue weighted by Gasteiger charge is 2.20. The number of fused-ring (bicyclic) bond motifs is 7. The zero-order valence-corrected chi connectivity index (χ0v) is 36.8. The fraction of sp³-hybridized carbons (Fsp3) is 0.0312. The Bertz CT molecular complexity index is 3800. The molecule has 1 aliphatic rings. The minimum absolute atomic E-state index is 0.959. The Morgan fingerprint density at radius 3 is 1.63 bits per heavy atom. The number of aryl methyl sites for hydroxylation is 1. The van der Waals surface area contributed by atoms with Gasteiger partial charge < -0.3 is 13.9 Å². The van der Waals surface area contributed by atoms with Crippen molar-refractivity contribution in [2.45, 2.75) is 12.8 Å². The summed E-state index contributed by atoms with van der Waals surface area (Å²) in [6.45, 7) is 0. The summed E-state index contributed by atoms with van der Waals surface area (Å²) < 4.78 is 8.93. The van der Waals surface area contributed by atoms with Crippen molar-refractivity contribution in [3.8, 4) is 50.2 Å². The van der Waals surface area contributed by atoms with Crippen LogP contribution >= 0.6 is 0 Å². The Kier molecular flexibility index (Phi) is 9.31. The minimum atomic E-state index is 0.959. The number of furan rings is 1. The Labute approximate surface area is 389 Å². The van der Waals surface area contributed by atoms with Gasteiger partial charge in [-0.3, -0.25) is 0 Å². The summed E-state index contributed by atoms with van der Waals surface area (Å²) in [6.07, 6.45) is 6.39. The second-order valence-corrected chi connectivity index (χ2v) is 17.6. The summed E-state index contributed by atoms with van der Waals surface area (Å²) in [5.74, 6) is 0.987. The number of hydrogen-bond acceptors (Lipinski definition) is 2. The summed E-state index contributed by atoms with van der Waals surface area (Å²) >= 11 is 0. The lowest BCUT2D eigenvalue weighted by molar-refractivity contribution is 0.596. The number of benzene rings is 10. The first-order valence-electron chi connectivity index (χ1n) is 23.2. The maximum atomic E-state index is 6.51. The number of aromatic nitrogens is 1. The quantitative estimate of drug-likeness (QED) is 0.152. The smallest absolute Gasteiger partial charge is 0.142 e. The highest BCUT2D eigenvalue weighted by molar-refractivity contribution is 6.10. The van der Waals surface area contributed by atoms with Crippen LogP contribution in [0.2, 0.25) is 0 Å². The van der Waals surface area contributed by atoms with Crippen molar-refractivity contribution in [3.05, 3.63) is 248 Å². The highest BCUT2D eigenvalue weighted by Crippen LogP contribution is 2.42. The highest BCUT2D eigenvalue weighted by atomic mass is 16.3. The van der Waals surface area contributed by atoms with Crippen LogP contribution in [0.4, 0.5) is 17.1 Å². The topological polar surface area (TPSA) is 21.3 Å². The number of rotatable bonds is 8. The van der Waals surface area contributed by atoms with Gasteiger partial charge in [0.1, 0.15) is 11.3 Å². The fourth-order valence-corrected chi connectivity index (χ4v) is 10.4. The lowest BCUT2D eigenvalue weighted by Gasteiger charge is -2.26. The molecule has 0 aliphatic heterocycles. The molecule has 0 unspecified atom stereocenters. The molecule has 67 heavy (non-hydrogen) atoms. The van der Waals surface area contributed by atoms with Gasteiger partial charge in [0.15, 0.2) is 0 Å². The molecule has 316 valence electrons.